The van der Waals surface area contributed by atoms with Gasteiger partial charge in [-0.05, 0) is 68.4 Å². The van der Waals surface area contributed by atoms with Crippen LogP contribution in [0.2, 0.25) is 0 Å². The minimum Gasteiger partial charge on any atom is -0.398 e. The number of benzene rings is 1. The molecule has 1 aliphatic rings. The van der Waals surface area contributed by atoms with Gasteiger partial charge in [-0.1, -0.05) is 12.6 Å². The Labute approximate surface area is 212 Å². The van der Waals surface area contributed by atoms with Gasteiger partial charge in [0.25, 0.3) is 5.91 Å². The summed E-state index contributed by atoms with van der Waals surface area (Å²) in [5, 5.41) is 12.6. The quantitative estimate of drug-likeness (QED) is 0.331. The molecule has 8 heteroatoms. The monoisotopic (exact) mass is 486 g/mol. The first-order chi connectivity index (χ1) is 17.3. The van der Waals surface area contributed by atoms with Crippen LogP contribution in [0.4, 0.5) is 11.4 Å². The molecule has 0 bridgehead atoms. The Kier molecular flexibility index (Phi) is 8.10. The average molecular weight is 487 g/mol. The number of carbonyl (C=O) groups is 1. The Bertz CT molecular complexity index is 1220. The summed E-state index contributed by atoms with van der Waals surface area (Å²) in [6.45, 7) is 7.27. The van der Waals surface area contributed by atoms with Crippen LogP contribution in [0.1, 0.15) is 29.7 Å². The first-order valence-electron chi connectivity index (χ1n) is 12.1. The van der Waals surface area contributed by atoms with E-state index in [1.165, 1.54) is 0 Å². The summed E-state index contributed by atoms with van der Waals surface area (Å²) < 4.78 is 0. The number of rotatable bonds is 8. The van der Waals surface area contributed by atoms with E-state index in [0.717, 1.165) is 61.4 Å². The number of carbonyl (C=O) groups excluding carboxylic acids is 1. The third kappa shape index (κ3) is 6.54. The smallest absolute Gasteiger partial charge is 0.255 e. The lowest BCUT2D eigenvalue weighted by molar-refractivity contribution is -0.111. The van der Waals surface area contributed by atoms with Crippen LogP contribution in [0.3, 0.4) is 0 Å². The van der Waals surface area contributed by atoms with Crippen molar-refractivity contribution in [3.8, 4) is 11.1 Å². The van der Waals surface area contributed by atoms with Crippen LogP contribution in [0.15, 0.2) is 61.6 Å². The highest BCUT2D eigenvalue weighted by Crippen LogP contribution is 2.29. The highest BCUT2D eigenvalue weighted by Gasteiger charge is 2.18. The molecule has 0 atom stereocenters. The Morgan fingerprint density at radius 2 is 1.92 bits per heavy atom. The van der Waals surface area contributed by atoms with Gasteiger partial charge in [0.1, 0.15) is 0 Å². The van der Waals surface area contributed by atoms with Gasteiger partial charge < -0.3 is 21.1 Å². The molecule has 0 aliphatic carbocycles. The largest absolute Gasteiger partial charge is 0.398 e. The van der Waals surface area contributed by atoms with Crippen LogP contribution in [-0.4, -0.2) is 64.1 Å². The molecule has 1 aromatic carbocycles. The third-order valence-corrected chi connectivity index (χ3v) is 6.30. The number of aromatic nitrogens is 2. The Balaban J connectivity index is 1.47. The molecule has 0 unspecified atom stereocenters. The van der Waals surface area contributed by atoms with Gasteiger partial charge in [-0.15, -0.1) is 0 Å². The van der Waals surface area contributed by atoms with E-state index < -0.39 is 0 Å². The molecule has 4 rings (SSSR count). The van der Waals surface area contributed by atoms with E-state index in [4.69, 9.17) is 5.73 Å². The summed E-state index contributed by atoms with van der Waals surface area (Å²) in [6.07, 6.45) is 6.73. The summed E-state index contributed by atoms with van der Waals surface area (Å²) in [4.78, 5) is 26.1. The maximum Gasteiger partial charge on any atom is 0.255 e. The zero-order chi connectivity index (χ0) is 25.7. The van der Waals surface area contributed by atoms with Crippen molar-refractivity contribution in [2.45, 2.75) is 32.0 Å². The summed E-state index contributed by atoms with van der Waals surface area (Å²) in [5.41, 5.74) is 12.0. The fraction of sp³-hybridized carbons (Fsp3) is 0.321. The van der Waals surface area contributed by atoms with Gasteiger partial charge in [-0.25, -0.2) is 0 Å². The number of aliphatic hydroxyl groups excluding tert-OH is 1. The summed E-state index contributed by atoms with van der Waals surface area (Å²) >= 11 is 0. The topological polar surface area (TPSA) is 108 Å². The van der Waals surface area contributed by atoms with Crippen molar-refractivity contribution < 1.29 is 9.90 Å². The van der Waals surface area contributed by atoms with Crippen LogP contribution in [0.25, 0.3) is 16.7 Å². The second kappa shape index (κ2) is 11.4. The van der Waals surface area contributed by atoms with Gasteiger partial charge in [-0.2, -0.15) is 0 Å². The van der Waals surface area contributed by atoms with E-state index in [0.29, 0.717) is 16.9 Å². The molecular formula is C28H34N6O2. The van der Waals surface area contributed by atoms with Gasteiger partial charge >= 0.3 is 0 Å². The summed E-state index contributed by atoms with van der Waals surface area (Å²) in [5.74, 6) is -0.333. The summed E-state index contributed by atoms with van der Waals surface area (Å²) in [6, 6.07) is 11.4. The van der Waals surface area contributed by atoms with E-state index in [1.807, 2.05) is 55.7 Å². The predicted octanol–water partition coefficient (Wildman–Crippen LogP) is 3.40. The van der Waals surface area contributed by atoms with Gasteiger partial charge in [0, 0.05) is 61.0 Å². The molecule has 0 saturated carbocycles. The third-order valence-electron chi connectivity index (χ3n) is 6.30. The number of anilines is 2. The average Bonchev–Trinajstić information content (AvgIpc) is 2.86. The van der Waals surface area contributed by atoms with Crippen molar-refractivity contribution in [3.63, 3.8) is 0 Å². The van der Waals surface area contributed by atoms with Crippen molar-refractivity contribution in [3.05, 3.63) is 78.4 Å². The number of nitrogens with zero attached hydrogens (tertiary/aromatic N) is 4. The fourth-order valence-corrected chi connectivity index (χ4v) is 4.31. The van der Waals surface area contributed by atoms with Crippen molar-refractivity contribution in [1.29, 1.82) is 0 Å². The number of amides is 1. The maximum atomic E-state index is 12.9. The molecule has 0 spiro atoms. The minimum atomic E-state index is -0.333. The van der Waals surface area contributed by atoms with Crippen LogP contribution < -0.4 is 11.1 Å². The molecule has 4 N–H and O–H groups in total. The van der Waals surface area contributed by atoms with Gasteiger partial charge in [-0.3, -0.25) is 19.7 Å². The predicted molar refractivity (Wildman–Crippen MR) is 144 cm³/mol. The standard InChI is InChI=1S/C28H34N6O2/c1-19(28(36)32-23-5-6-24(31-16-23)18-33(2)3)26-13-21(4-7-27(26)29)22-12-20(14-30-15-22)17-34-10-8-25(35)9-11-34/h4-7,12-16,25,35H,1,8-11,17-18,29H2,2-3H3,(H,32,36). The number of aliphatic hydroxyl groups is 1. The molecule has 1 saturated heterocycles. The number of nitrogens with one attached hydrogen (secondary N) is 1. The van der Waals surface area contributed by atoms with E-state index in [-0.39, 0.29) is 17.6 Å². The molecule has 3 heterocycles. The maximum absolute atomic E-state index is 12.9. The fourth-order valence-electron chi connectivity index (χ4n) is 4.31. The zero-order valence-corrected chi connectivity index (χ0v) is 20.9. The van der Waals surface area contributed by atoms with E-state index in [1.54, 1.807) is 12.3 Å². The Morgan fingerprint density at radius 1 is 1.14 bits per heavy atom. The lowest BCUT2D eigenvalue weighted by atomic mass is 9.97. The molecule has 36 heavy (non-hydrogen) atoms. The van der Waals surface area contributed by atoms with Crippen molar-refractivity contribution in [2.24, 2.45) is 0 Å². The normalized spacial score (nSPS) is 14.7. The second-order valence-corrected chi connectivity index (χ2v) is 9.60. The number of hydrogen-bond acceptors (Lipinski definition) is 7. The number of hydrogen-bond donors (Lipinski definition) is 3. The highest BCUT2D eigenvalue weighted by atomic mass is 16.3. The van der Waals surface area contributed by atoms with E-state index in [2.05, 4.69) is 32.8 Å². The number of nitrogen functional groups attached to an aromatic ring is 1. The molecule has 0 radical (unpaired) electrons. The van der Waals surface area contributed by atoms with Gasteiger partial charge in [0.15, 0.2) is 0 Å². The lowest BCUT2D eigenvalue weighted by Gasteiger charge is -2.29. The first kappa shape index (κ1) is 25.5. The summed E-state index contributed by atoms with van der Waals surface area (Å²) in [7, 11) is 3.96. The Morgan fingerprint density at radius 3 is 2.61 bits per heavy atom. The molecular weight excluding hydrogens is 452 g/mol. The zero-order valence-electron chi connectivity index (χ0n) is 20.9. The number of piperidine rings is 1. The molecule has 3 aromatic rings. The van der Waals surface area contributed by atoms with Gasteiger partial charge in [0.2, 0.25) is 0 Å². The van der Waals surface area contributed by atoms with Crippen LogP contribution >= 0.6 is 0 Å². The van der Waals surface area contributed by atoms with Crippen LogP contribution in [0, 0.1) is 0 Å². The first-order valence-corrected chi connectivity index (χ1v) is 12.1. The van der Waals surface area contributed by atoms with Crippen LogP contribution in [0.5, 0.6) is 0 Å². The SMILES string of the molecule is C=C(C(=O)Nc1ccc(CN(C)C)nc1)c1cc(-c2cncc(CN3CCC(O)CC3)c2)ccc1N. The van der Waals surface area contributed by atoms with Crippen molar-refractivity contribution >= 4 is 22.9 Å². The van der Waals surface area contributed by atoms with Gasteiger partial charge in [0.05, 0.1) is 23.7 Å². The lowest BCUT2D eigenvalue weighted by Crippen LogP contribution is -2.35. The molecule has 188 valence electrons. The van der Waals surface area contributed by atoms with Crippen LogP contribution in [-0.2, 0) is 17.9 Å². The molecule has 1 fully saturated rings. The van der Waals surface area contributed by atoms with E-state index in [9.17, 15) is 9.90 Å². The molecule has 2 aromatic heterocycles. The van der Waals surface area contributed by atoms with Crippen molar-refractivity contribution in [1.82, 2.24) is 19.8 Å². The molecule has 1 amide bonds. The second-order valence-electron chi connectivity index (χ2n) is 9.60. The number of nitrogens with two attached hydrogens (primary N) is 1. The number of likely N-dealkylation sites (tertiary alicyclic amines) is 1. The highest BCUT2D eigenvalue weighted by molar-refractivity contribution is 6.25. The number of pyridine rings is 2. The van der Waals surface area contributed by atoms with E-state index >= 15 is 0 Å². The van der Waals surface area contributed by atoms with Crippen molar-refractivity contribution in [2.75, 3.05) is 38.2 Å². The minimum absolute atomic E-state index is 0.192. The molecule has 1 aliphatic heterocycles. The molecule has 8 nitrogen and oxygen atoms in total. The Hall–Kier alpha value is -3.59.